The van der Waals surface area contributed by atoms with Crippen LogP contribution in [-0.4, -0.2) is 31.1 Å². The largest absolute Gasteiger partial charge is 0.330 e. The highest BCUT2D eigenvalue weighted by atomic mass is 15.1. The SMILES string of the molecule is C[C@@H](CN)CN1CCCCCC1. The van der Waals surface area contributed by atoms with Crippen molar-refractivity contribution in [1.29, 1.82) is 0 Å². The topological polar surface area (TPSA) is 29.3 Å². The molecule has 0 saturated carbocycles. The molecule has 0 spiro atoms. The van der Waals surface area contributed by atoms with E-state index in [1.165, 1.54) is 45.3 Å². The summed E-state index contributed by atoms with van der Waals surface area (Å²) in [7, 11) is 0. The van der Waals surface area contributed by atoms with Crippen LogP contribution in [0.1, 0.15) is 32.6 Å². The summed E-state index contributed by atoms with van der Waals surface area (Å²) in [5.41, 5.74) is 5.60. The van der Waals surface area contributed by atoms with Crippen molar-refractivity contribution in [3.8, 4) is 0 Å². The Morgan fingerprint density at radius 3 is 2.25 bits per heavy atom. The molecule has 2 N–H and O–H groups in total. The van der Waals surface area contributed by atoms with E-state index < -0.39 is 0 Å². The molecular formula is C10H22N2. The Labute approximate surface area is 76.1 Å². The second kappa shape index (κ2) is 5.55. The summed E-state index contributed by atoms with van der Waals surface area (Å²) in [5.74, 6) is 0.670. The Hall–Kier alpha value is -0.0800. The average Bonchev–Trinajstić information content (AvgIpc) is 2.33. The van der Waals surface area contributed by atoms with Gasteiger partial charge in [0.2, 0.25) is 0 Å². The summed E-state index contributed by atoms with van der Waals surface area (Å²) in [6.07, 6.45) is 5.62. The molecule has 2 heteroatoms. The monoisotopic (exact) mass is 170 g/mol. The highest BCUT2D eigenvalue weighted by Crippen LogP contribution is 2.10. The molecular weight excluding hydrogens is 148 g/mol. The van der Waals surface area contributed by atoms with Crippen molar-refractivity contribution in [2.24, 2.45) is 11.7 Å². The molecule has 1 heterocycles. The highest BCUT2D eigenvalue weighted by Gasteiger charge is 2.10. The molecule has 0 aliphatic carbocycles. The van der Waals surface area contributed by atoms with Crippen molar-refractivity contribution in [2.45, 2.75) is 32.6 Å². The van der Waals surface area contributed by atoms with Crippen LogP contribution in [0.2, 0.25) is 0 Å². The predicted octanol–water partition coefficient (Wildman–Crippen LogP) is 1.46. The molecule has 12 heavy (non-hydrogen) atoms. The highest BCUT2D eigenvalue weighted by molar-refractivity contribution is 4.66. The number of likely N-dealkylation sites (tertiary alicyclic amines) is 1. The van der Waals surface area contributed by atoms with E-state index in [1.54, 1.807) is 0 Å². The third-order valence-corrected chi connectivity index (χ3v) is 2.67. The number of rotatable bonds is 3. The Bertz CT molecular complexity index is 106. The van der Waals surface area contributed by atoms with Crippen LogP contribution >= 0.6 is 0 Å². The lowest BCUT2D eigenvalue weighted by atomic mass is 10.1. The van der Waals surface area contributed by atoms with Crippen molar-refractivity contribution >= 4 is 0 Å². The van der Waals surface area contributed by atoms with Crippen LogP contribution in [0, 0.1) is 5.92 Å². The lowest BCUT2D eigenvalue weighted by Crippen LogP contribution is -2.32. The van der Waals surface area contributed by atoms with Crippen LogP contribution in [0.3, 0.4) is 0 Å². The molecule has 1 rings (SSSR count). The first-order valence-corrected chi connectivity index (χ1v) is 5.25. The summed E-state index contributed by atoms with van der Waals surface area (Å²) in [6.45, 7) is 6.87. The van der Waals surface area contributed by atoms with Crippen LogP contribution in [0.15, 0.2) is 0 Å². The van der Waals surface area contributed by atoms with E-state index in [1.807, 2.05) is 0 Å². The number of nitrogens with two attached hydrogens (primary N) is 1. The molecule has 0 radical (unpaired) electrons. The van der Waals surface area contributed by atoms with Crippen molar-refractivity contribution in [1.82, 2.24) is 4.90 Å². The summed E-state index contributed by atoms with van der Waals surface area (Å²) < 4.78 is 0. The van der Waals surface area contributed by atoms with Gasteiger partial charge in [0.1, 0.15) is 0 Å². The molecule has 1 aliphatic rings. The van der Waals surface area contributed by atoms with Crippen molar-refractivity contribution in [2.75, 3.05) is 26.2 Å². The van der Waals surface area contributed by atoms with Crippen molar-refractivity contribution in [3.05, 3.63) is 0 Å². The van der Waals surface area contributed by atoms with Gasteiger partial charge in [-0.1, -0.05) is 19.8 Å². The van der Waals surface area contributed by atoms with Gasteiger partial charge >= 0.3 is 0 Å². The summed E-state index contributed by atoms with van der Waals surface area (Å²) in [4.78, 5) is 2.57. The predicted molar refractivity (Wildman–Crippen MR) is 53.1 cm³/mol. The molecule has 1 aliphatic heterocycles. The van der Waals surface area contributed by atoms with E-state index in [0.717, 1.165) is 6.54 Å². The fourth-order valence-electron chi connectivity index (χ4n) is 1.83. The lowest BCUT2D eigenvalue weighted by Gasteiger charge is -2.22. The maximum absolute atomic E-state index is 5.60. The third-order valence-electron chi connectivity index (χ3n) is 2.67. The molecule has 0 bridgehead atoms. The maximum Gasteiger partial charge on any atom is 0.00191 e. The summed E-state index contributed by atoms with van der Waals surface area (Å²) >= 11 is 0. The first-order valence-electron chi connectivity index (χ1n) is 5.25. The smallest absolute Gasteiger partial charge is 0.00191 e. The maximum atomic E-state index is 5.60. The summed E-state index contributed by atoms with van der Waals surface area (Å²) in [5, 5.41) is 0. The van der Waals surface area contributed by atoms with Gasteiger partial charge in [0.25, 0.3) is 0 Å². The fourth-order valence-corrected chi connectivity index (χ4v) is 1.83. The van der Waals surface area contributed by atoms with Crippen LogP contribution in [0.5, 0.6) is 0 Å². The molecule has 1 fully saturated rings. The van der Waals surface area contributed by atoms with E-state index in [9.17, 15) is 0 Å². The average molecular weight is 170 g/mol. The molecule has 1 saturated heterocycles. The zero-order valence-electron chi connectivity index (χ0n) is 8.26. The van der Waals surface area contributed by atoms with Gasteiger partial charge < -0.3 is 10.6 Å². The van der Waals surface area contributed by atoms with E-state index >= 15 is 0 Å². The molecule has 0 aromatic carbocycles. The number of hydrogen-bond donors (Lipinski definition) is 1. The minimum absolute atomic E-state index is 0.670. The third kappa shape index (κ3) is 3.55. The Kier molecular flexibility index (Phi) is 4.62. The van der Waals surface area contributed by atoms with Gasteiger partial charge in [-0.2, -0.15) is 0 Å². The quantitative estimate of drug-likeness (QED) is 0.695. The normalized spacial score (nSPS) is 23.5. The molecule has 0 amide bonds. The first kappa shape index (κ1) is 10.0. The Balaban J connectivity index is 2.20. The standard InChI is InChI=1S/C10H22N2/c1-10(8-11)9-12-6-4-2-3-5-7-12/h10H,2-9,11H2,1H3/t10-/m0/s1. The Morgan fingerprint density at radius 1 is 1.17 bits per heavy atom. The lowest BCUT2D eigenvalue weighted by molar-refractivity contribution is 0.249. The molecule has 0 unspecified atom stereocenters. The summed E-state index contributed by atoms with van der Waals surface area (Å²) in [6, 6.07) is 0. The van der Waals surface area contributed by atoms with Gasteiger partial charge in [-0.3, -0.25) is 0 Å². The van der Waals surface area contributed by atoms with Crippen molar-refractivity contribution in [3.63, 3.8) is 0 Å². The second-order valence-corrected chi connectivity index (χ2v) is 4.06. The van der Waals surface area contributed by atoms with Gasteiger partial charge in [-0.15, -0.1) is 0 Å². The minimum atomic E-state index is 0.670. The van der Waals surface area contributed by atoms with Gasteiger partial charge in [0.15, 0.2) is 0 Å². The van der Waals surface area contributed by atoms with E-state index in [-0.39, 0.29) is 0 Å². The first-order chi connectivity index (χ1) is 5.83. The number of nitrogens with zero attached hydrogens (tertiary/aromatic N) is 1. The van der Waals surface area contributed by atoms with E-state index in [4.69, 9.17) is 5.73 Å². The minimum Gasteiger partial charge on any atom is -0.330 e. The van der Waals surface area contributed by atoms with E-state index in [0.29, 0.717) is 5.92 Å². The Morgan fingerprint density at radius 2 is 1.75 bits per heavy atom. The second-order valence-electron chi connectivity index (χ2n) is 4.06. The molecule has 72 valence electrons. The molecule has 1 atom stereocenters. The van der Waals surface area contributed by atoms with Gasteiger partial charge in [0, 0.05) is 6.54 Å². The van der Waals surface area contributed by atoms with Crippen LogP contribution in [-0.2, 0) is 0 Å². The molecule has 0 aromatic rings. The van der Waals surface area contributed by atoms with Gasteiger partial charge in [0.05, 0.1) is 0 Å². The fraction of sp³-hybridized carbons (Fsp3) is 1.00. The van der Waals surface area contributed by atoms with E-state index in [2.05, 4.69) is 11.8 Å². The zero-order chi connectivity index (χ0) is 8.81. The van der Waals surface area contributed by atoms with Crippen molar-refractivity contribution < 1.29 is 0 Å². The number of hydrogen-bond acceptors (Lipinski definition) is 2. The molecule has 2 nitrogen and oxygen atoms in total. The van der Waals surface area contributed by atoms with Gasteiger partial charge in [-0.25, -0.2) is 0 Å². The molecule has 0 aromatic heterocycles. The van der Waals surface area contributed by atoms with Crippen LogP contribution < -0.4 is 5.73 Å². The van der Waals surface area contributed by atoms with Crippen LogP contribution in [0.4, 0.5) is 0 Å². The van der Waals surface area contributed by atoms with Gasteiger partial charge in [-0.05, 0) is 38.4 Å². The van der Waals surface area contributed by atoms with Crippen LogP contribution in [0.25, 0.3) is 0 Å². The zero-order valence-corrected chi connectivity index (χ0v) is 8.26.